The van der Waals surface area contributed by atoms with Crippen LogP contribution in [-0.2, 0) is 0 Å². The average molecular weight is 340 g/mol. The summed E-state index contributed by atoms with van der Waals surface area (Å²) in [5.74, 6) is -8.99. The van der Waals surface area contributed by atoms with Gasteiger partial charge in [0.15, 0.2) is 23.3 Å². The maximum atomic E-state index is 13.4. The molecule has 0 aliphatic carbocycles. The molecule has 0 saturated heterocycles. The van der Waals surface area contributed by atoms with Gasteiger partial charge in [0.25, 0.3) is 0 Å². The highest BCUT2D eigenvalue weighted by Gasteiger charge is 2.25. The van der Waals surface area contributed by atoms with Crippen LogP contribution in [0.4, 0.5) is 22.0 Å². The fourth-order valence-corrected chi connectivity index (χ4v) is 3.11. The molecule has 0 saturated carbocycles. The molecule has 126 valence electrons. The van der Waals surface area contributed by atoms with E-state index in [1.165, 1.54) is 25.7 Å². The van der Waals surface area contributed by atoms with E-state index in [0.29, 0.717) is 23.9 Å². The van der Waals surface area contributed by atoms with E-state index < -0.39 is 34.0 Å². The van der Waals surface area contributed by atoms with Gasteiger partial charge in [0, 0.05) is 0 Å². The Bertz CT molecular complexity index is 447. The summed E-state index contributed by atoms with van der Waals surface area (Å²) in [6, 6.07) is 0. The van der Waals surface area contributed by atoms with Crippen LogP contribution in [0.25, 0.3) is 0 Å². The van der Waals surface area contributed by atoms with Crippen LogP contribution >= 0.6 is 11.8 Å². The molecule has 0 bridgehead atoms. The standard InChI is InChI=1S/C16H21F5S/c1-2-3-4-5-6-7-8-9-10-22-16-14(20)12(18)11(17)13(19)15(16)21/h2-10H2,1H3. The summed E-state index contributed by atoms with van der Waals surface area (Å²) < 4.78 is 65.7. The first-order valence-electron chi connectivity index (χ1n) is 7.64. The Morgan fingerprint density at radius 1 is 0.591 bits per heavy atom. The van der Waals surface area contributed by atoms with Gasteiger partial charge < -0.3 is 0 Å². The highest BCUT2D eigenvalue weighted by atomic mass is 32.2. The van der Waals surface area contributed by atoms with Gasteiger partial charge in [0.2, 0.25) is 5.82 Å². The predicted molar refractivity (Wildman–Crippen MR) is 79.6 cm³/mol. The summed E-state index contributed by atoms with van der Waals surface area (Å²) >= 11 is 0.686. The van der Waals surface area contributed by atoms with Crippen LogP contribution in [0.1, 0.15) is 58.3 Å². The van der Waals surface area contributed by atoms with Gasteiger partial charge in [-0.1, -0.05) is 51.9 Å². The highest BCUT2D eigenvalue weighted by molar-refractivity contribution is 7.99. The van der Waals surface area contributed by atoms with Crippen molar-refractivity contribution in [2.75, 3.05) is 5.75 Å². The molecule has 0 amide bonds. The molecule has 1 rings (SSSR count). The Morgan fingerprint density at radius 3 is 1.50 bits per heavy atom. The molecule has 0 fully saturated rings. The van der Waals surface area contributed by atoms with Crippen molar-refractivity contribution in [2.45, 2.75) is 63.2 Å². The minimum absolute atomic E-state index is 0.341. The van der Waals surface area contributed by atoms with Crippen LogP contribution < -0.4 is 0 Å². The second kappa shape index (κ2) is 10.1. The van der Waals surface area contributed by atoms with Crippen LogP contribution in [0, 0.1) is 29.1 Å². The van der Waals surface area contributed by atoms with E-state index in [1.807, 2.05) is 0 Å². The number of halogens is 5. The van der Waals surface area contributed by atoms with E-state index in [4.69, 9.17) is 0 Å². The van der Waals surface area contributed by atoms with Crippen molar-refractivity contribution < 1.29 is 22.0 Å². The summed E-state index contributed by atoms with van der Waals surface area (Å²) in [5.41, 5.74) is 0. The fraction of sp³-hybridized carbons (Fsp3) is 0.625. The van der Waals surface area contributed by atoms with Gasteiger partial charge in [0.05, 0.1) is 4.90 Å². The third-order valence-corrected chi connectivity index (χ3v) is 4.55. The van der Waals surface area contributed by atoms with Gasteiger partial charge in [-0.15, -0.1) is 11.8 Å². The van der Waals surface area contributed by atoms with E-state index in [0.717, 1.165) is 19.3 Å². The number of rotatable bonds is 10. The summed E-state index contributed by atoms with van der Waals surface area (Å²) in [5, 5.41) is 0. The van der Waals surface area contributed by atoms with Crippen molar-refractivity contribution in [3.63, 3.8) is 0 Å². The topological polar surface area (TPSA) is 0 Å². The zero-order valence-electron chi connectivity index (χ0n) is 12.7. The van der Waals surface area contributed by atoms with Crippen LogP contribution in [0.2, 0.25) is 0 Å². The maximum Gasteiger partial charge on any atom is 0.200 e. The monoisotopic (exact) mass is 340 g/mol. The van der Waals surface area contributed by atoms with Gasteiger partial charge in [-0.3, -0.25) is 0 Å². The Hall–Kier alpha value is -0.780. The molecule has 0 aliphatic rings. The fourth-order valence-electron chi connectivity index (χ4n) is 2.12. The normalized spacial score (nSPS) is 11.2. The van der Waals surface area contributed by atoms with E-state index >= 15 is 0 Å². The first kappa shape index (κ1) is 19.3. The highest BCUT2D eigenvalue weighted by Crippen LogP contribution is 2.31. The molecule has 0 N–H and O–H groups in total. The lowest BCUT2D eigenvalue weighted by Crippen LogP contribution is -2.03. The molecule has 1 aromatic carbocycles. The van der Waals surface area contributed by atoms with Gasteiger partial charge >= 0.3 is 0 Å². The van der Waals surface area contributed by atoms with Crippen LogP contribution in [-0.4, -0.2) is 5.75 Å². The number of hydrogen-bond acceptors (Lipinski definition) is 1. The largest absolute Gasteiger partial charge is 0.202 e. The molecule has 6 heteroatoms. The van der Waals surface area contributed by atoms with Crippen molar-refractivity contribution in [3.8, 4) is 0 Å². The molecular weight excluding hydrogens is 319 g/mol. The molecule has 1 aromatic rings. The molecule has 0 heterocycles. The van der Waals surface area contributed by atoms with E-state index in [-0.39, 0.29) is 0 Å². The van der Waals surface area contributed by atoms with Crippen molar-refractivity contribution >= 4 is 11.8 Å². The summed E-state index contributed by atoms with van der Waals surface area (Å²) in [6.45, 7) is 2.15. The van der Waals surface area contributed by atoms with Crippen LogP contribution in [0.3, 0.4) is 0 Å². The van der Waals surface area contributed by atoms with E-state index in [1.54, 1.807) is 0 Å². The lowest BCUT2D eigenvalue weighted by atomic mass is 10.1. The summed E-state index contributed by atoms with van der Waals surface area (Å²) in [6.07, 6.45) is 8.56. The SMILES string of the molecule is CCCCCCCCCCSc1c(F)c(F)c(F)c(F)c1F. The smallest absolute Gasteiger partial charge is 0.200 e. The Balaban J connectivity index is 2.34. The van der Waals surface area contributed by atoms with Crippen molar-refractivity contribution in [1.29, 1.82) is 0 Å². The predicted octanol–water partition coefficient (Wildman–Crippen LogP) is 6.61. The molecular formula is C16H21F5S. The van der Waals surface area contributed by atoms with Gasteiger partial charge in [-0.05, 0) is 12.2 Å². The zero-order valence-corrected chi connectivity index (χ0v) is 13.5. The Kier molecular flexibility index (Phi) is 8.83. The van der Waals surface area contributed by atoms with E-state index in [9.17, 15) is 22.0 Å². The molecule has 0 unspecified atom stereocenters. The van der Waals surface area contributed by atoms with Crippen molar-refractivity contribution in [3.05, 3.63) is 29.1 Å². The van der Waals surface area contributed by atoms with Crippen LogP contribution in [0.15, 0.2) is 4.90 Å². The van der Waals surface area contributed by atoms with Gasteiger partial charge in [0.1, 0.15) is 0 Å². The Labute approximate surface area is 132 Å². The third kappa shape index (κ3) is 5.45. The molecule has 0 aromatic heterocycles. The first-order chi connectivity index (χ1) is 10.5. The van der Waals surface area contributed by atoms with Gasteiger partial charge in [-0.25, -0.2) is 22.0 Å². The molecule has 0 nitrogen and oxygen atoms in total. The van der Waals surface area contributed by atoms with Crippen molar-refractivity contribution in [1.82, 2.24) is 0 Å². The lowest BCUT2D eigenvalue weighted by molar-refractivity contribution is 0.361. The second-order valence-corrected chi connectivity index (χ2v) is 6.33. The number of benzene rings is 1. The van der Waals surface area contributed by atoms with Gasteiger partial charge in [-0.2, -0.15) is 0 Å². The maximum absolute atomic E-state index is 13.4. The zero-order chi connectivity index (χ0) is 16.5. The summed E-state index contributed by atoms with van der Waals surface area (Å²) in [4.78, 5) is -0.778. The molecule has 0 radical (unpaired) electrons. The summed E-state index contributed by atoms with van der Waals surface area (Å²) in [7, 11) is 0. The quantitative estimate of drug-likeness (QED) is 0.152. The molecule has 0 spiro atoms. The second-order valence-electron chi connectivity index (χ2n) is 5.22. The number of thioether (sulfide) groups is 1. The van der Waals surface area contributed by atoms with Crippen molar-refractivity contribution in [2.24, 2.45) is 0 Å². The van der Waals surface area contributed by atoms with Crippen LogP contribution in [0.5, 0.6) is 0 Å². The van der Waals surface area contributed by atoms with E-state index in [2.05, 4.69) is 6.92 Å². The molecule has 0 aliphatic heterocycles. The minimum atomic E-state index is -2.11. The minimum Gasteiger partial charge on any atom is -0.202 e. The molecule has 22 heavy (non-hydrogen) atoms. The number of hydrogen-bond donors (Lipinski definition) is 0. The number of unbranched alkanes of at least 4 members (excludes halogenated alkanes) is 7. The molecule has 0 atom stereocenters. The Morgan fingerprint density at radius 2 is 1.00 bits per heavy atom. The average Bonchev–Trinajstić information content (AvgIpc) is 2.52. The third-order valence-electron chi connectivity index (χ3n) is 3.41. The lowest BCUT2D eigenvalue weighted by Gasteiger charge is -2.07. The first-order valence-corrected chi connectivity index (χ1v) is 8.63.